The molecule has 2 aromatic rings. The maximum Gasteiger partial charge on any atom is -0.0184 e. The van der Waals surface area contributed by atoms with Gasteiger partial charge in [-0.1, -0.05) is 126 Å². The summed E-state index contributed by atoms with van der Waals surface area (Å²) in [6.45, 7) is 2.29. The molecular formula is C29H42. The highest BCUT2D eigenvalue weighted by Crippen LogP contribution is 2.28. The van der Waals surface area contributed by atoms with Crippen molar-refractivity contribution in [2.75, 3.05) is 0 Å². The molecule has 1 aliphatic rings. The molecule has 29 heavy (non-hydrogen) atoms. The molecule has 0 heteroatoms. The molecule has 0 unspecified atom stereocenters. The molecule has 158 valence electrons. The van der Waals surface area contributed by atoms with Gasteiger partial charge in [0.2, 0.25) is 0 Å². The van der Waals surface area contributed by atoms with Crippen LogP contribution in [0.4, 0.5) is 0 Å². The third kappa shape index (κ3) is 8.00. The maximum atomic E-state index is 2.35. The summed E-state index contributed by atoms with van der Waals surface area (Å²) in [7, 11) is 0. The molecule has 0 atom stereocenters. The average molecular weight is 391 g/mol. The van der Waals surface area contributed by atoms with Gasteiger partial charge in [0, 0.05) is 0 Å². The van der Waals surface area contributed by atoms with Gasteiger partial charge in [-0.05, 0) is 53.9 Å². The van der Waals surface area contributed by atoms with Crippen molar-refractivity contribution in [3.63, 3.8) is 0 Å². The first-order chi connectivity index (χ1) is 14.3. The molecule has 0 aromatic heterocycles. The van der Waals surface area contributed by atoms with E-state index >= 15 is 0 Å². The number of unbranched alkanes of at least 4 members (excludes halogenated alkanes) is 6. The molecule has 0 aliphatic heterocycles. The van der Waals surface area contributed by atoms with E-state index in [0.29, 0.717) is 0 Å². The van der Waals surface area contributed by atoms with Crippen LogP contribution in [0, 0.1) is 5.92 Å². The number of rotatable bonds is 12. The molecule has 0 spiro atoms. The van der Waals surface area contributed by atoms with Crippen LogP contribution in [-0.2, 0) is 12.8 Å². The third-order valence-electron chi connectivity index (χ3n) is 6.88. The molecule has 0 nitrogen and oxygen atoms in total. The van der Waals surface area contributed by atoms with E-state index in [1.807, 2.05) is 0 Å². The van der Waals surface area contributed by atoms with Crippen molar-refractivity contribution in [2.45, 2.75) is 103 Å². The highest BCUT2D eigenvalue weighted by molar-refractivity contribution is 5.63. The number of hydrogen-bond acceptors (Lipinski definition) is 0. The first-order valence-electron chi connectivity index (χ1n) is 12.5. The molecule has 0 heterocycles. The highest BCUT2D eigenvalue weighted by atomic mass is 14.2. The highest BCUT2D eigenvalue weighted by Gasteiger charge is 2.13. The van der Waals surface area contributed by atoms with Gasteiger partial charge in [0.1, 0.15) is 0 Å². The lowest BCUT2D eigenvalue weighted by Crippen LogP contribution is -2.07. The Balaban J connectivity index is 1.39. The van der Waals surface area contributed by atoms with Gasteiger partial charge >= 0.3 is 0 Å². The van der Waals surface area contributed by atoms with Crippen LogP contribution in [0.5, 0.6) is 0 Å². The smallest absolute Gasteiger partial charge is 0.0184 e. The normalized spacial score (nSPS) is 14.9. The van der Waals surface area contributed by atoms with Crippen LogP contribution in [0.1, 0.15) is 102 Å². The van der Waals surface area contributed by atoms with Crippen molar-refractivity contribution >= 4 is 0 Å². The average Bonchev–Trinajstić information content (AvgIpc) is 2.79. The Kier molecular flexibility index (Phi) is 9.83. The van der Waals surface area contributed by atoms with Crippen LogP contribution >= 0.6 is 0 Å². The van der Waals surface area contributed by atoms with E-state index in [2.05, 4.69) is 55.5 Å². The number of benzene rings is 2. The second-order valence-corrected chi connectivity index (χ2v) is 9.31. The molecule has 0 amide bonds. The van der Waals surface area contributed by atoms with Crippen molar-refractivity contribution in [3.05, 3.63) is 59.7 Å². The fraction of sp³-hybridized carbons (Fsp3) is 0.586. The van der Waals surface area contributed by atoms with Gasteiger partial charge in [-0.25, -0.2) is 0 Å². The lowest BCUT2D eigenvalue weighted by Gasteiger charge is -2.21. The number of aryl methyl sites for hydroxylation is 2. The minimum absolute atomic E-state index is 0.979. The Morgan fingerprint density at radius 1 is 0.586 bits per heavy atom. The molecule has 1 saturated carbocycles. The van der Waals surface area contributed by atoms with Crippen LogP contribution < -0.4 is 0 Å². The van der Waals surface area contributed by atoms with E-state index in [0.717, 1.165) is 5.92 Å². The van der Waals surface area contributed by atoms with Crippen LogP contribution in [-0.4, -0.2) is 0 Å². The van der Waals surface area contributed by atoms with Gasteiger partial charge in [0.05, 0.1) is 0 Å². The predicted octanol–water partition coefficient (Wildman–Crippen LogP) is 9.16. The Labute approximate surface area is 180 Å². The van der Waals surface area contributed by atoms with Crippen LogP contribution in [0.3, 0.4) is 0 Å². The van der Waals surface area contributed by atoms with E-state index < -0.39 is 0 Å². The molecular weight excluding hydrogens is 348 g/mol. The largest absolute Gasteiger partial charge is 0.0654 e. The van der Waals surface area contributed by atoms with Crippen molar-refractivity contribution in [1.29, 1.82) is 0 Å². The summed E-state index contributed by atoms with van der Waals surface area (Å²) >= 11 is 0. The van der Waals surface area contributed by atoms with Gasteiger partial charge in [0.25, 0.3) is 0 Å². The Bertz CT molecular complexity index is 658. The summed E-state index contributed by atoms with van der Waals surface area (Å²) < 4.78 is 0. The maximum absolute atomic E-state index is 2.35. The summed E-state index contributed by atoms with van der Waals surface area (Å²) in [4.78, 5) is 0. The zero-order chi connectivity index (χ0) is 20.2. The molecule has 0 bridgehead atoms. The minimum Gasteiger partial charge on any atom is -0.0654 e. The van der Waals surface area contributed by atoms with E-state index in [1.54, 1.807) is 0 Å². The van der Waals surface area contributed by atoms with E-state index in [1.165, 1.54) is 119 Å². The lowest BCUT2D eigenvalue weighted by molar-refractivity contribution is 0.339. The predicted molar refractivity (Wildman–Crippen MR) is 128 cm³/mol. The fourth-order valence-corrected chi connectivity index (χ4v) is 4.86. The van der Waals surface area contributed by atoms with Gasteiger partial charge < -0.3 is 0 Å². The summed E-state index contributed by atoms with van der Waals surface area (Å²) in [5.74, 6) is 0.979. The molecule has 0 radical (unpaired) electrons. The van der Waals surface area contributed by atoms with Crippen molar-refractivity contribution in [2.24, 2.45) is 5.92 Å². The van der Waals surface area contributed by atoms with Crippen LogP contribution in [0.25, 0.3) is 11.1 Å². The monoisotopic (exact) mass is 390 g/mol. The Hall–Kier alpha value is -1.56. The number of hydrogen-bond donors (Lipinski definition) is 0. The zero-order valence-electron chi connectivity index (χ0n) is 18.8. The van der Waals surface area contributed by atoms with E-state index in [-0.39, 0.29) is 0 Å². The summed E-state index contributed by atoms with van der Waals surface area (Å²) in [6, 6.07) is 18.6. The molecule has 0 saturated heterocycles. The molecule has 2 aromatic carbocycles. The SMILES string of the molecule is CCCCCCCCCc1ccc(-c2ccc(CCC3CCCCC3)cc2)cc1. The van der Waals surface area contributed by atoms with Gasteiger partial charge in [-0.2, -0.15) is 0 Å². The topological polar surface area (TPSA) is 0 Å². The van der Waals surface area contributed by atoms with Crippen LogP contribution in [0.2, 0.25) is 0 Å². The van der Waals surface area contributed by atoms with Gasteiger partial charge in [-0.3, -0.25) is 0 Å². The third-order valence-corrected chi connectivity index (χ3v) is 6.88. The molecule has 3 rings (SSSR count). The first-order valence-corrected chi connectivity index (χ1v) is 12.5. The minimum atomic E-state index is 0.979. The fourth-order valence-electron chi connectivity index (χ4n) is 4.86. The van der Waals surface area contributed by atoms with Crippen LogP contribution in [0.15, 0.2) is 48.5 Å². The second kappa shape index (κ2) is 12.9. The summed E-state index contributed by atoms with van der Waals surface area (Å²) in [5, 5.41) is 0. The molecule has 0 N–H and O–H groups in total. The van der Waals surface area contributed by atoms with Crippen molar-refractivity contribution in [3.8, 4) is 11.1 Å². The standard InChI is InChI=1S/C29H42/c1-2-3-4-5-6-7-9-14-26-17-21-28(22-18-26)29-23-19-27(20-24-29)16-15-25-12-10-8-11-13-25/h17-25H,2-16H2,1H3. The molecule has 1 fully saturated rings. The second-order valence-electron chi connectivity index (χ2n) is 9.31. The summed E-state index contributed by atoms with van der Waals surface area (Å²) in [5.41, 5.74) is 5.71. The lowest BCUT2D eigenvalue weighted by atomic mass is 9.85. The van der Waals surface area contributed by atoms with Gasteiger partial charge in [0.15, 0.2) is 0 Å². The summed E-state index contributed by atoms with van der Waals surface area (Å²) in [6.07, 6.45) is 20.9. The van der Waals surface area contributed by atoms with Gasteiger partial charge in [-0.15, -0.1) is 0 Å². The van der Waals surface area contributed by atoms with E-state index in [9.17, 15) is 0 Å². The first kappa shape index (κ1) is 22.1. The Morgan fingerprint density at radius 3 is 1.69 bits per heavy atom. The van der Waals surface area contributed by atoms with Crippen molar-refractivity contribution in [1.82, 2.24) is 0 Å². The van der Waals surface area contributed by atoms with Crippen molar-refractivity contribution < 1.29 is 0 Å². The Morgan fingerprint density at radius 2 is 1.10 bits per heavy atom. The van der Waals surface area contributed by atoms with E-state index in [4.69, 9.17) is 0 Å². The molecule has 1 aliphatic carbocycles. The quantitative estimate of drug-likeness (QED) is 0.317. The zero-order valence-corrected chi connectivity index (χ0v) is 18.8.